The van der Waals surface area contributed by atoms with E-state index in [1.54, 1.807) is 12.1 Å². The number of nitrogens with one attached hydrogen (secondary N) is 1. The zero-order chi connectivity index (χ0) is 15.4. The zero-order valence-corrected chi connectivity index (χ0v) is 12.7. The number of hydrogen-bond acceptors (Lipinski definition) is 6. The van der Waals surface area contributed by atoms with Crippen molar-refractivity contribution in [1.29, 1.82) is 0 Å². The Bertz CT molecular complexity index is 535. The monoisotopic (exact) mass is 311 g/mol. The summed E-state index contributed by atoms with van der Waals surface area (Å²) in [4.78, 5) is 22.5. The lowest BCUT2D eigenvalue weighted by molar-refractivity contribution is -0.119. The van der Waals surface area contributed by atoms with Crippen LogP contribution in [0.1, 0.15) is 18.4 Å². The molecule has 2 amide bonds. The molecule has 0 aliphatic carbocycles. The molecule has 1 heterocycles. The fourth-order valence-electron chi connectivity index (χ4n) is 2.17. The van der Waals surface area contributed by atoms with Gasteiger partial charge < -0.3 is 14.6 Å². The van der Waals surface area contributed by atoms with Gasteiger partial charge in [-0.2, -0.15) is 0 Å². The summed E-state index contributed by atoms with van der Waals surface area (Å²) in [5.41, 5.74) is 0.941. The summed E-state index contributed by atoms with van der Waals surface area (Å²) in [6.07, 6.45) is 2.06. The zero-order valence-electron chi connectivity index (χ0n) is 11.8. The number of phenols is 1. The van der Waals surface area contributed by atoms with Gasteiger partial charge in [0.25, 0.3) is 5.24 Å². The van der Waals surface area contributed by atoms with Crippen molar-refractivity contribution in [3.05, 3.63) is 17.7 Å². The van der Waals surface area contributed by atoms with Gasteiger partial charge in [-0.1, -0.05) is 11.8 Å². The molecule has 1 aliphatic heterocycles. The van der Waals surface area contributed by atoms with E-state index in [-0.39, 0.29) is 22.1 Å². The molecule has 1 aromatic rings. The van der Waals surface area contributed by atoms with Gasteiger partial charge in [-0.05, 0) is 37.0 Å². The van der Waals surface area contributed by atoms with Crippen LogP contribution in [0.15, 0.2) is 12.1 Å². The minimum absolute atomic E-state index is 0.0277. The third-order valence-electron chi connectivity index (χ3n) is 3.24. The van der Waals surface area contributed by atoms with Gasteiger partial charge in [0, 0.05) is 0 Å². The van der Waals surface area contributed by atoms with Crippen LogP contribution in [0.3, 0.4) is 0 Å². The maximum absolute atomic E-state index is 11.4. The number of benzene rings is 1. The average molecular weight is 311 g/mol. The first-order chi connectivity index (χ1) is 10.0. The molecular weight excluding hydrogens is 294 g/mol. The van der Waals surface area contributed by atoms with Crippen LogP contribution in [-0.4, -0.2) is 35.7 Å². The lowest BCUT2D eigenvalue weighted by Crippen LogP contribution is -2.24. The number of amides is 2. The van der Waals surface area contributed by atoms with E-state index in [0.29, 0.717) is 24.3 Å². The summed E-state index contributed by atoms with van der Waals surface area (Å²) in [5.74, 6) is 0.464. The number of ether oxygens (including phenoxy) is 2. The maximum Gasteiger partial charge on any atom is 0.286 e. The Labute approximate surface area is 126 Å². The molecule has 1 aromatic carbocycles. The number of aromatic hydroxyl groups is 1. The number of hydrogen-bond donors (Lipinski definition) is 2. The molecule has 1 atom stereocenters. The van der Waals surface area contributed by atoms with Gasteiger partial charge in [-0.15, -0.1) is 0 Å². The third kappa shape index (κ3) is 3.60. The minimum Gasteiger partial charge on any atom is -0.502 e. The average Bonchev–Trinajstić information content (AvgIpc) is 2.78. The Morgan fingerprint density at radius 2 is 1.86 bits per heavy atom. The van der Waals surface area contributed by atoms with Crippen molar-refractivity contribution in [2.45, 2.75) is 24.5 Å². The highest BCUT2D eigenvalue weighted by Gasteiger charge is 2.30. The minimum atomic E-state index is -0.307. The normalized spacial score (nSPS) is 17.7. The number of imide groups is 1. The van der Waals surface area contributed by atoms with Crippen LogP contribution in [0.2, 0.25) is 0 Å². The lowest BCUT2D eigenvalue weighted by Gasteiger charge is -2.11. The molecule has 1 fully saturated rings. The molecule has 0 bridgehead atoms. The predicted molar refractivity (Wildman–Crippen MR) is 79.1 cm³/mol. The van der Waals surface area contributed by atoms with Crippen LogP contribution < -0.4 is 14.8 Å². The standard InChI is InChI=1S/C14H17NO5S/c1-19-9-6-8(7-10(20-2)12(9)16)4-3-5-11-13(17)15-14(18)21-11/h6-7,11,16H,3-5H2,1-2H3,(H,15,17,18). The summed E-state index contributed by atoms with van der Waals surface area (Å²) in [6.45, 7) is 0. The first kappa shape index (κ1) is 15.5. The van der Waals surface area contributed by atoms with Gasteiger partial charge in [-0.3, -0.25) is 14.9 Å². The number of aryl methyl sites for hydroxylation is 1. The summed E-state index contributed by atoms with van der Waals surface area (Å²) in [5, 5.41) is 11.5. The van der Waals surface area contributed by atoms with E-state index in [1.807, 2.05) is 0 Å². The molecule has 21 heavy (non-hydrogen) atoms. The Balaban J connectivity index is 1.97. The molecule has 0 saturated carbocycles. The van der Waals surface area contributed by atoms with Gasteiger partial charge in [0.05, 0.1) is 19.5 Å². The molecule has 0 aromatic heterocycles. The second kappa shape index (κ2) is 6.71. The van der Waals surface area contributed by atoms with Gasteiger partial charge >= 0.3 is 0 Å². The predicted octanol–water partition coefficient (Wildman–Crippen LogP) is 2.08. The second-order valence-electron chi connectivity index (χ2n) is 4.62. The van der Waals surface area contributed by atoms with Crippen LogP contribution in [0.4, 0.5) is 4.79 Å². The molecular formula is C14H17NO5S. The van der Waals surface area contributed by atoms with Crippen LogP contribution in [0.5, 0.6) is 17.2 Å². The molecule has 114 valence electrons. The van der Waals surface area contributed by atoms with Gasteiger partial charge in [0.15, 0.2) is 11.5 Å². The van der Waals surface area contributed by atoms with E-state index in [4.69, 9.17) is 9.47 Å². The van der Waals surface area contributed by atoms with Crippen molar-refractivity contribution in [2.24, 2.45) is 0 Å². The number of thioether (sulfide) groups is 1. The van der Waals surface area contributed by atoms with E-state index < -0.39 is 0 Å². The quantitative estimate of drug-likeness (QED) is 0.837. The maximum atomic E-state index is 11.4. The van der Waals surface area contributed by atoms with Crippen LogP contribution in [-0.2, 0) is 11.2 Å². The topological polar surface area (TPSA) is 84.9 Å². The second-order valence-corrected chi connectivity index (χ2v) is 5.80. The number of methoxy groups -OCH3 is 2. The fraction of sp³-hybridized carbons (Fsp3) is 0.429. The van der Waals surface area contributed by atoms with Crippen molar-refractivity contribution in [3.63, 3.8) is 0 Å². The fourth-order valence-corrected chi connectivity index (χ4v) is 3.04. The van der Waals surface area contributed by atoms with Crippen LogP contribution >= 0.6 is 11.8 Å². The molecule has 1 unspecified atom stereocenters. The summed E-state index contributed by atoms with van der Waals surface area (Å²) >= 11 is 1.04. The lowest BCUT2D eigenvalue weighted by atomic mass is 10.1. The van der Waals surface area contributed by atoms with E-state index in [0.717, 1.165) is 23.7 Å². The van der Waals surface area contributed by atoms with E-state index in [9.17, 15) is 14.7 Å². The first-order valence-corrected chi connectivity index (χ1v) is 7.38. The highest BCUT2D eigenvalue weighted by Crippen LogP contribution is 2.37. The highest BCUT2D eigenvalue weighted by atomic mass is 32.2. The molecule has 0 radical (unpaired) electrons. The molecule has 7 heteroatoms. The highest BCUT2D eigenvalue weighted by molar-refractivity contribution is 8.15. The Hall–Kier alpha value is -1.89. The number of carbonyl (C=O) groups is 2. The number of phenolic OH excluding ortho intramolecular Hbond substituents is 1. The molecule has 1 saturated heterocycles. The van der Waals surface area contributed by atoms with Crippen molar-refractivity contribution >= 4 is 22.9 Å². The van der Waals surface area contributed by atoms with E-state index in [1.165, 1.54) is 14.2 Å². The Morgan fingerprint density at radius 1 is 1.24 bits per heavy atom. The van der Waals surface area contributed by atoms with Crippen molar-refractivity contribution < 1.29 is 24.2 Å². The number of rotatable bonds is 6. The van der Waals surface area contributed by atoms with E-state index in [2.05, 4.69) is 5.32 Å². The van der Waals surface area contributed by atoms with Crippen molar-refractivity contribution in [3.8, 4) is 17.2 Å². The Kier molecular flexibility index (Phi) is 4.95. The van der Waals surface area contributed by atoms with Crippen LogP contribution in [0, 0.1) is 0 Å². The van der Waals surface area contributed by atoms with Crippen molar-refractivity contribution in [2.75, 3.05) is 14.2 Å². The largest absolute Gasteiger partial charge is 0.502 e. The number of carbonyl (C=O) groups excluding carboxylic acids is 2. The van der Waals surface area contributed by atoms with Crippen LogP contribution in [0.25, 0.3) is 0 Å². The summed E-state index contributed by atoms with van der Waals surface area (Å²) in [7, 11) is 2.95. The molecule has 6 nitrogen and oxygen atoms in total. The summed E-state index contributed by atoms with van der Waals surface area (Å²) in [6, 6.07) is 3.48. The van der Waals surface area contributed by atoms with Gasteiger partial charge in [-0.25, -0.2) is 0 Å². The summed E-state index contributed by atoms with van der Waals surface area (Å²) < 4.78 is 10.2. The van der Waals surface area contributed by atoms with Crippen molar-refractivity contribution in [1.82, 2.24) is 5.32 Å². The third-order valence-corrected chi connectivity index (χ3v) is 4.29. The smallest absolute Gasteiger partial charge is 0.286 e. The first-order valence-electron chi connectivity index (χ1n) is 6.50. The van der Waals surface area contributed by atoms with Gasteiger partial charge in [0.2, 0.25) is 11.7 Å². The Morgan fingerprint density at radius 3 is 2.33 bits per heavy atom. The SMILES string of the molecule is COc1cc(CCCC2SC(=O)NC2=O)cc(OC)c1O. The molecule has 1 aliphatic rings. The van der Waals surface area contributed by atoms with Gasteiger partial charge in [0.1, 0.15) is 0 Å². The molecule has 2 rings (SSSR count). The molecule has 0 spiro atoms. The molecule has 2 N–H and O–H groups in total. The van der Waals surface area contributed by atoms with E-state index >= 15 is 0 Å².